The summed E-state index contributed by atoms with van der Waals surface area (Å²) >= 11 is 0. The van der Waals surface area contributed by atoms with Gasteiger partial charge in [-0.1, -0.05) is 218 Å². The van der Waals surface area contributed by atoms with Crippen LogP contribution in [0.15, 0.2) is 231 Å². The summed E-state index contributed by atoms with van der Waals surface area (Å²) in [7, 11) is 0. The van der Waals surface area contributed by atoms with Crippen LogP contribution >= 0.6 is 0 Å². The van der Waals surface area contributed by atoms with E-state index in [0.717, 1.165) is 89.3 Å². The van der Waals surface area contributed by atoms with Crippen LogP contribution < -0.4 is 0 Å². The van der Waals surface area contributed by atoms with Gasteiger partial charge in [0.1, 0.15) is 5.69 Å². The summed E-state index contributed by atoms with van der Waals surface area (Å²) < 4.78 is 2.16. The molecule has 0 aliphatic rings. The molecule has 0 unspecified atom stereocenters. The normalized spacial score (nSPS) is 11.3. The zero-order chi connectivity index (χ0) is 40.5. The van der Waals surface area contributed by atoms with Crippen LogP contribution in [0.1, 0.15) is 0 Å². The highest BCUT2D eigenvalue weighted by Gasteiger charge is 2.22. The van der Waals surface area contributed by atoms with E-state index in [0.29, 0.717) is 5.82 Å². The van der Waals surface area contributed by atoms with Gasteiger partial charge in [-0.05, 0) is 45.3 Å². The molecule has 61 heavy (non-hydrogen) atoms. The second-order valence-electron chi connectivity index (χ2n) is 15.2. The SMILES string of the molecule is c1ccc(-c2cc(-c3ccccc3)nc(-c3ccc(-c4ccc(-c5cccc6c5cc(-c5ccccc5)n5nc(-c7ccccc7)c(-c7ccccc7)c65)cc4)cc3)n2)cc1. The van der Waals surface area contributed by atoms with Gasteiger partial charge in [0.2, 0.25) is 0 Å². The predicted molar refractivity (Wildman–Crippen MR) is 252 cm³/mol. The van der Waals surface area contributed by atoms with Gasteiger partial charge in [-0.3, -0.25) is 0 Å². The van der Waals surface area contributed by atoms with Crippen molar-refractivity contribution in [3.63, 3.8) is 0 Å². The van der Waals surface area contributed by atoms with Crippen LogP contribution in [0.4, 0.5) is 0 Å². The molecule has 0 fully saturated rings. The molecule has 286 valence electrons. The molecular formula is C57H38N4. The van der Waals surface area contributed by atoms with Gasteiger partial charge in [0.05, 0.1) is 22.6 Å². The molecule has 0 radical (unpaired) electrons. The summed E-state index contributed by atoms with van der Waals surface area (Å²) in [5.74, 6) is 0.700. The van der Waals surface area contributed by atoms with Crippen molar-refractivity contribution in [1.82, 2.24) is 19.6 Å². The zero-order valence-electron chi connectivity index (χ0n) is 33.2. The summed E-state index contributed by atoms with van der Waals surface area (Å²) in [6.07, 6.45) is 0. The number of aromatic nitrogens is 4. The molecule has 8 aromatic carbocycles. The van der Waals surface area contributed by atoms with E-state index in [1.165, 1.54) is 10.9 Å². The third-order valence-electron chi connectivity index (χ3n) is 11.5. The van der Waals surface area contributed by atoms with E-state index in [-0.39, 0.29) is 0 Å². The Hall–Kier alpha value is -8.21. The molecule has 4 heteroatoms. The maximum Gasteiger partial charge on any atom is 0.160 e. The molecule has 11 rings (SSSR count). The van der Waals surface area contributed by atoms with E-state index in [1.54, 1.807) is 0 Å². The van der Waals surface area contributed by atoms with Crippen molar-refractivity contribution in [1.29, 1.82) is 0 Å². The summed E-state index contributed by atoms with van der Waals surface area (Å²) in [5.41, 5.74) is 17.0. The van der Waals surface area contributed by atoms with Crippen molar-refractivity contribution in [2.75, 3.05) is 0 Å². The smallest absolute Gasteiger partial charge is 0.160 e. The van der Waals surface area contributed by atoms with Crippen molar-refractivity contribution in [2.45, 2.75) is 0 Å². The molecular weight excluding hydrogens is 741 g/mol. The van der Waals surface area contributed by atoms with Crippen LogP contribution in [-0.4, -0.2) is 19.6 Å². The molecule has 0 N–H and O–H groups in total. The number of rotatable bonds is 8. The van der Waals surface area contributed by atoms with Crippen LogP contribution in [0, 0.1) is 0 Å². The van der Waals surface area contributed by atoms with E-state index in [2.05, 4.69) is 199 Å². The fourth-order valence-corrected chi connectivity index (χ4v) is 8.45. The zero-order valence-corrected chi connectivity index (χ0v) is 33.2. The highest BCUT2D eigenvalue weighted by molar-refractivity contribution is 6.12. The number of hydrogen-bond acceptors (Lipinski definition) is 3. The second kappa shape index (κ2) is 15.5. The molecule has 3 aromatic heterocycles. The van der Waals surface area contributed by atoms with E-state index in [1.807, 2.05) is 36.4 Å². The Bertz CT molecular complexity index is 3230. The molecule has 3 heterocycles. The average Bonchev–Trinajstić information content (AvgIpc) is 3.76. The van der Waals surface area contributed by atoms with Gasteiger partial charge in [-0.25, -0.2) is 14.5 Å². The lowest BCUT2D eigenvalue weighted by Gasteiger charge is -2.14. The lowest BCUT2D eigenvalue weighted by Crippen LogP contribution is -1.96. The number of pyridine rings is 1. The fourth-order valence-electron chi connectivity index (χ4n) is 8.45. The Morgan fingerprint density at radius 1 is 0.311 bits per heavy atom. The van der Waals surface area contributed by atoms with E-state index in [9.17, 15) is 0 Å². The second-order valence-corrected chi connectivity index (χ2v) is 15.2. The number of nitrogens with zero attached hydrogens (tertiary/aromatic N) is 4. The maximum atomic E-state index is 5.40. The molecule has 0 bridgehead atoms. The first-order chi connectivity index (χ1) is 30.2. The van der Waals surface area contributed by atoms with Gasteiger partial charge >= 0.3 is 0 Å². The summed E-state index contributed by atoms with van der Waals surface area (Å²) in [6.45, 7) is 0. The Balaban J connectivity index is 1.00. The predicted octanol–water partition coefficient (Wildman–Crippen LogP) is 14.6. The van der Waals surface area contributed by atoms with Crippen LogP contribution in [0.5, 0.6) is 0 Å². The Labute approximate surface area is 354 Å². The highest BCUT2D eigenvalue weighted by atomic mass is 15.2. The van der Waals surface area contributed by atoms with E-state index >= 15 is 0 Å². The minimum absolute atomic E-state index is 0.700. The summed E-state index contributed by atoms with van der Waals surface area (Å²) in [6, 6.07) is 81.0. The van der Waals surface area contributed by atoms with Crippen LogP contribution in [0.2, 0.25) is 0 Å². The van der Waals surface area contributed by atoms with Crippen LogP contribution in [0.3, 0.4) is 0 Å². The number of fused-ring (bicyclic) bond motifs is 3. The first-order valence-electron chi connectivity index (χ1n) is 20.6. The molecule has 0 spiro atoms. The van der Waals surface area contributed by atoms with Gasteiger partial charge in [-0.15, -0.1) is 0 Å². The molecule has 0 saturated heterocycles. The van der Waals surface area contributed by atoms with Gasteiger partial charge in [-0.2, -0.15) is 5.10 Å². The topological polar surface area (TPSA) is 43.1 Å². The van der Waals surface area contributed by atoms with Gasteiger partial charge < -0.3 is 0 Å². The monoisotopic (exact) mass is 778 g/mol. The van der Waals surface area contributed by atoms with E-state index in [4.69, 9.17) is 15.1 Å². The van der Waals surface area contributed by atoms with Crippen LogP contribution in [0.25, 0.3) is 106 Å². The van der Waals surface area contributed by atoms with E-state index < -0.39 is 0 Å². The first-order valence-corrected chi connectivity index (χ1v) is 20.6. The van der Waals surface area contributed by atoms with Crippen LogP contribution in [-0.2, 0) is 0 Å². The minimum atomic E-state index is 0.700. The highest BCUT2D eigenvalue weighted by Crippen LogP contribution is 2.43. The number of hydrogen-bond donors (Lipinski definition) is 0. The average molecular weight is 779 g/mol. The first kappa shape index (κ1) is 35.9. The van der Waals surface area contributed by atoms with Crippen molar-refractivity contribution in [3.05, 3.63) is 231 Å². The van der Waals surface area contributed by atoms with Crippen molar-refractivity contribution in [3.8, 4) is 89.8 Å². The molecule has 0 aliphatic carbocycles. The number of benzene rings is 8. The van der Waals surface area contributed by atoms with Crippen molar-refractivity contribution < 1.29 is 0 Å². The molecule has 4 nitrogen and oxygen atoms in total. The Morgan fingerprint density at radius 2 is 0.770 bits per heavy atom. The summed E-state index contributed by atoms with van der Waals surface area (Å²) in [4.78, 5) is 10.1. The fraction of sp³-hybridized carbons (Fsp3) is 0. The van der Waals surface area contributed by atoms with Gasteiger partial charge in [0.15, 0.2) is 5.82 Å². The lowest BCUT2D eigenvalue weighted by atomic mass is 9.92. The van der Waals surface area contributed by atoms with Crippen molar-refractivity contribution >= 4 is 16.3 Å². The molecule has 11 aromatic rings. The Morgan fingerprint density at radius 3 is 1.31 bits per heavy atom. The third kappa shape index (κ3) is 6.76. The quantitative estimate of drug-likeness (QED) is 0.154. The standard InChI is InChI=1S/C57H38N4/c1-6-17-42(18-7-1)51-38-52(43-19-8-2-9-20-43)59-57(58-51)47-35-31-40(32-36-47)39-29-33-41(34-30-39)48-27-16-28-49-50(48)37-53(44-21-10-3-11-22-44)61-56(49)54(45-23-12-4-13-24-45)55(60-61)46-25-14-5-15-26-46/h1-38H. The molecule has 0 amide bonds. The molecule has 0 aliphatic heterocycles. The minimum Gasteiger partial charge on any atom is -0.231 e. The largest absolute Gasteiger partial charge is 0.231 e. The maximum absolute atomic E-state index is 5.40. The van der Waals surface area contributed by atoms with Gasteiger partial charge in [0.25, 0.3) is 0 Å². The summed E-state index contributed by atoms with van der Waals surface area (Å²) in [5, 5.41) is 7.73. The Kier molecular flexibility index (Phi) is 9.14. The van der Waals surface area contributed by atoms with Gasteiger partial charge in [0, 0.05) is 38.8 Å². The third-order valence-corrected chi connectivity index (χ3v) is 11.5. The van der Waals surface area contributed by atoms with Crippen molar-refractivity contribution in [2.24, 2.45) is 0 Å². The lowest BCUT2D eigenvalue weighted by molar-refractivity contribution is 0.979. The molecule has 0 saturated carbocycles. The molecule has 0 atom stereocenters.